The molecule has 7 heteroatoms. The average molecular weight is 250 g/mol. The molecule has 0 bridgehead atoms. The maximum absolute atomic E-state index is 13.2. The van der Waals surface area contributed by atoms with Gasteiger partial charge in [-0.05, 0) is 11.6 Å². The van der Waals surface area contributed by atoms with Gasteiger partial charge in [-0.3, -0.25) is 10.1 Å². The van der Waals surface area contributed by atoms with Crippen molar-refractivity contribution in [2.24, 2.45) is 5.73 Å². The van der Waals surface area contributed by atoms with E-state index in [1.54, 1.807) is 17.0 Å². The van der Waals surface area contributed by atoms with Crippen LogP contribution in [0.25, 0.3) is 0 Å². The van der Waals surface area contributed by atoms with Gasteiger partial charge in [0.1, 0.15) is 11.6 Å². The molecule has 2 rings (SSSR count). The predicted molar refractivity (Wildman–Crippen MR) is 62.3 cm³/mol. The van der Waals surface area contributed by atoms with Crippen LogP contribution in [0.15, 0.2) is 30.6 Å². The molecule has 2 aromatic rings. The highest BCUT2D eigenvalue weighted by Crippen LogP contribution is 2.17. The molecule has 0 saturated carbocycles. The fourth-order valence-electron chi connectivity index (χ4n) is 1.70. The number of imidazole rings is 1. The van der Waals surface area contributed by atoms with Gasteiger partial charge in [0.25, 0.3) is 5.69 Å². The molecule has 0 aliphatic rings. The third kappa shape index (κ3) is 2.51. The number of hydrogen-bond donors (Lipinski definition) is 1. The first-order chi connectivity index (χ1) is 8.60. The van der Waals surface area contributed by atoms with Crippen LogP contribution in [0.5, 0.6) is 0 Å². The average Bonchev–Trinajstić information content (AvgIpc) is 2.75. The standard InChI is InChI=1S/C11H11FN4O2/c12-9-3-8(4-10(5-9)16(17)18)7-15-2-1-14-11(15)6-13/h1-5H,6-7,13H2. The van der Waals surface area contributed by atoms with Crippen LogP contribution in [0.4, 0.5) is 10.1 Å². The Labute approximate surface area is 102 Å². The summed E-state index contributed by atoms with van der Waals surface area (Å²) in [4.78, 5) is 14.0. The van der Waals surface area contributed by atoms with Crippen LogP contribution in [0.1, 0.15) is 11.4 Å². The molecule has 0 fully saturated rings. The Morgan fingerprint density at radius 1 is 1.44 bits per heavy atom. The van der Waals surface area contributed by atoms with Crippen molar-refractivity contribution in [3.8, 4) is 0 Å². The third-order valence-corrected chi connectivity index (χ3v) is 2.49. The second kappa shape index (κ2) is 4.92. The van der Waals surface area contributed by atoms with Gasteiger partial charge in [-0.2, -0.15) is 0 Å². The molecule has 1 heterocycles. The minimum absolute atomic E-state index is 0.254. The minimum Gasteiger partial charge on any atom is -0.329 e. The lowest BCUT2D eigenvalue weighted by molar-refractivity contribution is -0.385. The van der Waals surface area contributed by atoms with E-state index in [0.29, 0.717) is 17.9 Å². The molecular formula is C11H11FN4O2. The Hall–Kier alpha value is -2.28. The zero-order valence-corrected chi connectivity index (χ0v) is 9.41. The summed E-state index contributed by atoms with van der Waals surface area (Å²) in [6, 6.07) is 3.48. The molecule has 0 atom stereocenters. The third-order valence-electron chi connectivity index (χ3n) is 2.49. The van der Waals surface area contributed by atoms with E-state index in [4.69, 9.17) is 5.73 Å². The fraction of sp³-hybridized carbons (Fsp3) is 0.182. The number of nitro benzene ring substituents is 1. The molecule has 0 amide bonds. The van der Waals surface area contributed by atoms with Gasteiger partial charge < -0.3 is 10.3 Å². The van der Waals surface area contributed by atoms with Crippen LogP contribution in [-0.4, -0.2) is 14.5 Å². The molecule has 0 spiro atoms. The molecule has 0 saturated heterocycles. The Morgan fingerprint density at radius 3 is 2.89 bits per heavy atom. The van der Waals surface area contributed by atoms with Crippen LogP contribution in [0, 0.1) is 15.9 Å². The normalized spacial score (nSPS) is 10.6. The Morgan fingerprint density at radius 2 is 2.22 bits per heavy atom. The summed E-state index contributed by atoms with van der Waals surface area (Å²) in [7, 11) is 0. The molecule has 2 N–H and O–H groups in total. The molecule has 1 aromatic carbocycles. The van der Waals surface area contributed by atoms with E-state index in [1.807, 2.05) is 0 Å². The number of rotatable bonds is 4. The lowest BCUT2D eigenvalue weighted by Crippen LogP contribution is -2.09. The number of nitro groups is 1. The first-order valence-corrected chi connectivity index (χ1v) is 5.24. The lowest BCUT2D eigenvalue weighted by atomic mass is 10.2. The maximum atomic E-state index is 13.2. The second-order valence-corrected chi connectivity index (χ2v) is 3.75. The van der Waals surface area contributed by atoms with Crippen molar-refractivity contribution >= 4 is 5.69 Å². The minimum atomic E-state index is -0.631. The second-order valence-electron chi connectivity index (χ2n) is 3.75. The number of benzene rings is 1. The van der Waals surface area contributed by atoms with Crippen LogP contribution in [0.2, 0.25) is 0 Å². The van der Waals surface area contributed by atoms with Gasteiger partial charge in [0.2, 0.25) is 0 Å². The molecule has 0 radical (unpaired) electrons. The molecule has 6 nitrogen and oxygen atoms in total. The highest BCUT2D eigenvalue weighted by Gasteiger charge is 2.11. The number of halogens is 1. The van der Waals surface area contributed by atoms with E-state index in [2.05, 4.69) is 4.98 Å². The van der Waals surface area contributed by atoms with E-state index in [-0.39, 0.29) is 12.2 Å². The maximum Gasteiger partial charge on any atom is 0.272 e. The fourth-order valence-corrected chi connectivity index (χ4v) is 1.70. The summed E-state index contributed by atoms with van der Waals surface area (Å²) < 4.78 is 15.0. The summed E-state index contributed by atoms with van der Waals surface area (Å²) in [6.45, 7) is 0.551. The van der Waals surface area contributed by atoms with Gasteiger partial charge >= 0.3 is 0 Å². The summed E-state index contributed by atoms with van der Waals surface area (Å²) in [5, 5.41) is 10.6. The van der Waals surface area contributed by atoms with Crippen molar-refractivity contribution in [2.45, 2.75) is 13.1 Å². The van der Waals surface area contributed by atoms with E-state index in [0.717, 1.165) is 6.07 Å². The number of hydrogen-bond acceptors (Lipinski definition) is 4. The van der Waals surface area contributed by atoms with Crippen LogP contribution < -0.4 is 5.73 Å². The van der Waals surface area contributed by atoms with Gasteiger partial charge in [-0.15, -0.1) is 0 Å². The zero-order chi connectivity index (χ0) is 13.1. The van der Waals surface area contributed by atoms with Gasteiger partial charge in [0, 0.05) is 25.0 Å². The summed E-state index contributed by atoms with van der Waals surface area (Å²) in [5.74, 6) is 0.00975. The van der Waals surface area contributed by atoms with E-state index < -0.39 is 10.7 Å². The SMILES string of the molecule is NCc1nccn1Cc1cc(F)cc([N+](=O)[O-])c1. The van der Waals surface area contributed by atoms with Gasteiger partial charge in [0.15, 0.2) is 0 Å². The van der Waals surface area contributed by atoms with Crippen molar-refractivity contribution in [1.29, 1.82) is 0 Å². The zero-order valence-electron chi connectivity index (χ0n) is 9.41. The first-order valence-electron chi connectivity index (χ1n) is 5.24. The number of nitrogens with zero attached hydrogens (tertiary/aromatic N) is 3. The van der Waals surface area contributed by atoms with Crippen molar-refractivity contribution in [1.82, 2.24) is 9.55 Å². The number of non-ortho nitro benzene ring substituents is 1. The quantitative estimate of drug-likeness (QED) is 0.657. The highest BCUT2D eigenvalue weighted by molar-refractivity contribution is 5.35. The molecule has 0 aliphatic carbocycles. The number of nitrogens with two attached hydrogens (primary N) is 1. The summed E-state index contributed by atoms with van der Waals surface area (Å²) >= 11 is 0. The van der Waals surface area contributed by atoms with Crippen molar-refractivity contribution in [3.63, 3.8) is 0 Å². The molecule has 0 aliphatic heterocycles. The molecule has 0 unspecified atom stereocenters. The highest BCUT2D eigenvalue weighted by atomic mass is 19.1. The van der Waals surface area contributed by atoms with Crippen LogP contribution in [0.3, 0.4) is 0 Å². The summed E-state index contributed by atoms with van der Waals surface area (Å²) in [6.07, 6.45) is 3.27. The van der Waals surface area contributed by atoms with E-state index in [9.17, 15) is 14.5 Å². The molecular weight excluding hydrogens is 239 g/mol. The Balaban J connectivity index is 2.32. The van der Waals surface area contributed by atoms with Gasteiger partial charge in [-0.25, -0.2) is 9.37 Å². The summed E-state index contributed by atoms with van der Waals surface area (Å²) in [5.41, 5.74) is 5.72. The van der Waals surface area contributed by atoms with E-state index >= 15 is 0 Å². The van der Waals surface area contributed by atoms with E-state index in [1.165, 1.54) is 12.1 Å². The van der Waals surface area contributed by atoms with Crippen molar-refractivity contribution in [2.75, 3.05) is 0 Å². The van der Waals surface area contributed by atoms with Gasteiger partial charge in [-0.1, -0.05) is 0 Å². The largest absolute Gasteiger partial charge is 0.329 e. The Bertz CT molecular complexity index is 582. The predicted octanol–water partition coefficient (Wildman–Crippen LogP) is 1.44. The first kappa shape index (κ1) is 12.2. The monoisotopic (exact) mass is 250 g/mol. The van der Waals surface area contributed by atoms with Gasteiger partial charge in [0.05, 0.1) is 17.5 Å². The molecule has 18 heavy (non-hydrogen) atoms. The molecule has 94 valence electrons. The van der Waals surface area contributed by atoms with Crippen molar-refractivity contribution in [3.05, 3.63) is 57.9 Å². The van der Waals surface area contributed by atoms with Crippen LogP contribution in [-0.2, 0) is 13.1 Å². The smallest absolute Gasteiger partial charge is 0.272 e. The Kier molecular flexibility index (Phi) is 3.33. The van der Waals surface area contributed by atoms with Crippen LogP contribution >= 0.6 is 0 Å². The molecule has 1 aromatic heterocycles. The number of aromatic nitrogens is 2. The topological polar surface area (TPSA) is 87.0 Å². The lowest BCUT2D eigenvalue weighted by Gasteiger charge is -2.06. The van der Waals surface area contributed by atoms with Crippen molar-refractivity contribution < 1.29 is 9.31 Å².